The number of hydrogen-bond acceptors (Lipinski definition) is 8. The molecule has 5 rings (SSSR count). The number of piperidine rings is 1. The largest absolute Gasteiger partial charge is 0.497 e. The summed E-state index contributed by atoms with van der Waals surface area (Å²) in [6.45, 7) is 0.552. The molecular formula is C25H25N3O6S2. The lowest BCUT2D eigenvalue weighted by Crippen LogP contribution is -2.41. The number of sulfonamides is 1. The second-order valence-corrected chi connectivity index (χ2v) is 11.2. The second-order valence-electron chi connectivity index (χ2n) is 8.40. The van der Waals surface area contributed by atoms with Crippen LogP contribution in [-0.4, -0.2) is 50.9 Å². The van der Waals surface area contributed by atoms with Crippen LogP contribution in [0.4, 0.5) is 5.13 Å². The quantitative estimate of drug-likeness (QED) is 0.374. The Balaban J connectivity index is 1.20. The van der Waals surface area contributed by atoms with Crippen LogP contribution in [0.5, 0.6) is 11.5 Å². The Morgan fingerprint density at radius 2 is 1.75 bits per heavy atom. The van der Waals surface area contributed by atoms with Crippen LogP contribution >= 0.6 is 11.3 Å². The smallest absolute Gasteiger partial charge is 0.243 e. The highest BCUT2D eigenvalue weighted by molar-refractivity contribution is 7.89. The van der Waals surface area contributed by atoms with Crippen LogP contribution in [0.3, 0.4) is 0 Å². The van der Waals surface area contributed by atoms with Crippen molar-refractivity contribution in [2.24, 2.45) is 5.92 Å². The molecule has 1 aliphatic rings. The average Bonchev–Trinajstić information content (AvgIpc) is 3.55. The third-order valence-corrected chi connectivity index (χ3v) is 8.91. The SMILES string of the molecule is COc1ccc(S(=O)(=O)N2CCC(C(=O)Nc3nc(-c4cc5ccc(OC)cc5o4)cs3)CC2)cc1. The summed E-state index contributed by atoms with van der Waals surface area (Å²) in [4.78, 5) is 17.6. The minimum Gasteiger partial charge on any atom is -0.497 e. The van der Waals surface area contributed by atoms with Gasteiger partial charge in [0.2, 0.25) is 15.9 Å². The number of methoxy groups -OCH3 is 2. The minimum absolute atomic E-state index is 0.160. The van der Waals surface area contributed by atoms with Crippen molar-refractivity contribution in [3.8, 4) is 23.0 Å². The zero-order valence-electron chi connectivity index (χ0n) is 19.8. The molecule has 4 aromatic rings. The van der Waals surface area contributed by atoms with E-state index in [0.717, 1.165) is 5.39 Å². The Morgan fingerprint density at radius 3 is 2.44 bits per heavy atom. The van der Waals surface area contributed by atoms with Gasteiger partial charge in [-0.15, -0.1) is 11.3 Å². The number of carbonyl (C=O) groups excluding carboxylic acids is 1. The predicted molar refractivity (Wildman–Crippen MR) is 137 cm³/mol. The van der Waals surface area contributed by atoms with Crippen LogP contribution in [0, 0.1) is 5.92 Å². The van der Waals surface area contributed by atoms with E-state index in [1.54, 1.807) is 19.2 Å². The zero-order valence-corrected chi connectivity index (χ0v) is 21.4. The molecule has 2 aromatic carbocycles. The van der Waals surface area contributed by atoms with Crippen molar-refractivity contribution >= 4 is 43.4 Å². The van der Waals surface area contributed by atoms with Gasteiger partial charge in [0.15, 0.2) is 10.9 Å². The van der Waals surface area contributed by atoms with Crippen molar-refractivity contribution in [1.82, 2.24) is 9.29 Å². The van der Waals surface area contributed by atoms with E-state index in [0.29, 0.717) is 46.5 Å². The maximum atomic E-state index is 13.0. The van der Waals surface area contributed by atoms with Gasteiger partial charge in [0.1, 0.15) is 22.8 Å². The molecule has 0 radical (unpaired) electrons. The van der Waals surface area contributed by atoms with Gasteiger partial charge in [-0.25, -0.2) is 13.4 Å². The number of fused-ring (bicyclic) bond motifs is 1. The molecule has 36 heavy (non-hydrogen) atoms. The molecule has 1 N–H and O–H groups in total. The van der Waals surface area contributed by atoms with Crippen molar-refractivity contribution in [3.63, 3.8) is 0 Å². The van der Waals surface area contributed by atoms with Gasteiger partial charge >= 0.3 is 0 Å². The van der Waals surface area contributed by atoms with E-state index in [1.807, 2.05) is 29.6 Å². The molecule has 1 fully saturated rings. The molecular weight excluding hydrogens is 502 g/mol. The van der Waals surface area contributed by atoms with E-state index in [9.17, 15) is 13.2 Å². The van der Waals surface area contributed by atoms with Gasteiger partial charge in [0.25, 0.3) is 0 Å². The first-order chi connectivity index (χ1) is 17.4. The van der Waals surface area contributed by atoms with Gasteiger partial charge in [-0.1, -0.05) is 0 Å². The van der Waals surface area contributed by atoms with Gasteiger partial charge in [-0.05, 0) is 55.3 Å². The highest BCUT2D eigenvalue weighted by Crippen LogP contribution is 2.32. The van der Waals surface area contributed by atoms with Gasteiger partial charge < -0.3 is 19.2 Å². The third-order valence-electron chi connectivity index (χ3n) is 6.24. The number of anilines is 1. The fourth-order valence-corrected chi connectivity index (χ4v) is 6.34. The van der Waals surface area contributed by atoms with Crippen LogP contribution in [0.25, 0.3) is 22.4 Å². The number of furan rings is 1. The zero-order chi connectivity index (χ0) is 25.3. The van der Waals surface area contributed by atoms with E-state index in [1.165, 1.54) is 34.9 Å². The Bertz CT molecular complexity index is 1490. The first kappa shape index (κ1) is 24.3. The van der Waals surface area contributed by atoms with Crippen LogP contribution in [-0.2, 0) is 14.8 Å². The summed E-state index contributed by atoms with van der Waals surface area (Å²) in [5.41, 5.74) is 1.32. The molecule has 2 aromatic heterocycles. The van der Waals surface area contributed by atoms with Crippen molar-refractivity contribution in [2.45, 2.75) is 17.7 Å². The monoisotopic (exact) mass is 527 g/mol. The van der Waals surface area contributed by atoms with Crippen LogP contribution < -0.4 is 14.8 Å². The molecule has 0 atom stereocenters. The lowest BCUT2D eigenvalue weighted by molar-refractivity contribution is -0.120. The number of benzene rings is 2. The average molecular weight is 528 g/mol. The fourth-order valence-electron chi connectivity index (χ4n) is 4.17. The van der Waals surface area contributed by atoms with Crippen molar-refractivity contribution < 1.29 is 27.1 Å². The molecule has 0 unspecified atom stereocenters. The van der Waals surface area contributed by atoms with Gasteiger partial charge in [-0.3, -0.25) is 4.79 Å². The molecule has 0 bridgehead atoms. The molecule has 9 nitrogen and oxygen atoms in total. The minimum atomic E-state index is -3.62. The molecule has 188 valence electrons. The summed E-state index contributed by atoms with van der Waals surface area (Å²) < 4.78 is 43.6. The molecule has 0 spiro atoms. The standard InChI is InChI=1S/C25H25N3O6S2/c1-32-18-5-7-20(8-6-18)36(30,31)28-11-9-16(10-12-28)24(29)27-25-26-21(15-35-25)23-13-17-3-4-19(33-2)14-22(17)34-23/h3-8,13-16H,9-12H2,1-2H3,(H,26,27,29). The van der Waals surface area contributed by atoms with Crippen molar-refractivity contribution in [3.05, 3.63) is 53.9 Å². The number of rotatable bonds is 7. The number of nitrogens with one attached hydrogen (secondary N) is 1. The van der Waals surface area contributed by atoms with Gasteiger partial charge in [0, 0.05) is 35.8 Å². The summed E-state index contributed by atoms with van der Waals surface area (Å²) in [6, 6.07) is 13.8. The lowest BCUT2D eigenvalue weighted by Gasteiger charge is -2.30. The maximum Gasteiger partial charge on any atom is 0.243 e. The van der Waals surface area contributed by atoms with E-state index in [-0.39, 0.29) is 29.8 Å². The summed E-state index contributed by atoms with van der Waals surface area (Å²) in [6.07, 6.45) is 0.871. The Morgan fingerprint density at radius 1 is 1.06 bits per heavy atom. The Labute approximate surface area is 212 Å². The summed E-state index contributed by atoms with van der Waals surface area (Å²) in [7, 11) is -0.489. The summed E-state index contributed by atoms with van der Waals surface area (Å²) >= 11 is 1.32. The number of amides is 1. The summed E-state index contributed by atoms with van der Waals surface area (Å²) in [5, 5.41) is 6.11. The van der Waals surface area contributed by atoms with E-state index >= 15 is 0 Å². The predicted octanol–water partition coefficient (Wildman–Crippen LogP) is 4.61. The molecule has 1 aliphatic heterocycles. The molecule has 0 aliphatic carbocycles. The highest BCUT2D eigenvalue weighted by Gasteiger charge is 2.32. The van der Waals surface area contributed by atoms with Crippen molar-refractivity contribution in [2.75, 3.05) is 32.6 Å². The fraction of sp³-hybridized carbons (Fsp3) is 0.280. The second kappa shape index (κ2) is 9.92. The molecule has 11 heteroatoms. The van der Waals surface area contributed by atoms with E-state index < -0.39 is 10.0 Å². The molecule has 1 saturated heterocycles. The topological polar surface area (TPSA) is 111 Å². The van der Waals surface area contributed by atoms with Crippen LogP contribution in [0.15, 0.2) is 63.2 Å². The number of ether oxygens (including phenoxy) is 2. The maximum absolute atomic E-state index is 13.0. The third kappa shape index (κ3) is 4.81. The van der Waals surface area contributed by atoms with Crippen LogP contribution in [0.1, 0.15) is 12.8 Å². The van der Waals surface area contributed by atoms with E-state index in [4.69, 9.17) is 13.9 Å². The molecule has 1 amide bonds. The highest BCUT2D eigenvalue weighted by atomic mass is 32.2. The van der Waals surface area contributed by atoms with Crippen LogP contribution in [0.2, 0.25) is 0 Å². The van der Waals surface area contributed by atoms with E-state index in [2.05, 4.69) is 10.3 Å². The number of nitrogens with zero attached hydrogens (tertiary/aromatic N) is 2. The number of carbonyl (C=O) groups is 1. The van der Waals surface area contributed by atoms with Gasteiger partial charge in [-0.2, -0.15) is 4.31 Å². The lowest BCUT2D eigenvalue weighted by atomic mass is 9.97. The molecule has 3 heterocycles. The Kier molecular flexibility index (Phi) is 6.69. The normalized spacial score (nSPS) is 15.2. The number of hydrogen-bond donors (Lipinski definition) is 1. The van der Waals surface area contributed by atoms with Gasteiger partial charge in [0.05, 0.1) is 19.1 Å². The molecule has 0 saturated carbocycles. The number of thiazole rings is 1. The Hall–Kier alpha value is -3.41. The first-order valence-electron chi connectivity index (χ1n) is 11.4. The van der Waals surface area contributed by atoms with Crippen molar-refractivity contribution in [1.29, 1.82) is 0 Å². The number of aromatic nitrogens is 1. The summed E-state index contributed by atoms with van der Waals surface area (Å²) in [5.74, 6) is 1.45. The first-order valence-corrected chi connectivity index (χ1v) is 13.7.